The quantitative estimate of drug-likeness (QED) is 0.278. The first-order chi connectivity index (χ1) is 18.4. The van der Waals surface area contributed by atoms with Crippen molar-refractivity contribution in [3.63, 3.8) is 0 Å². The Morgan fingerprint density at radius 3 is 2.00 bits per heavy atom. The van der Waals surface area contributed by atoms with Crippen LogP contribution in [0.5, 0.6) is 0 Å². The van der Waals surface area contributed by atoms with Gasteiger partial charge < -0.3 is 0 Å². The molecule has 1 aliphatic heterocycles. The van der Waals surface area contributed by atoms with Crippen LogP contribution in [0.1, 0.15) is 44.1 Å². The lowest BCUT2D eigenvalue weighted by Crippen LogP contribution is -2.63. The molecular weight excluding hydrogens is 595 g/mol. The zero-order valence-electron chi connectivity index (χ0n) is 21.0. The SMILES string of the molecule is O=S(=O)(OS1(c2ccc3cc(CC4CC5CCC4C5)ccc3c2)CCCC1)C(F)(F)C(F)(F)C(F)(F)C(F)(F)F. The molecule has 3 atom stereocenters. The summed E-state index contributed by atoms with van der Waals surface area (Å²) in [6.07, 6.45) is -0.760. The van der Waals surface area contributed by atoms with Crippen molar-refractivity contribution in [3.8, 4) is 0 Å². The van der Waals surface area contributed by atoms with Gasteiger partial charge >= 0.3 is 33.4 Å². The smallest absolute Gasteiger partial charge is 0.211 e. The topological polar surface area (TPSA) is 43.4 Å². The molecule has 224 valence electrons. The summed E-state index contributed by atoms with van der Waals surface area (Å²) in [7, 11) is -10.2. The Labute approximate surface area is 227 Å². The van der Waals surface area contributed by atoms with Crippen molar-refractivity contribution >= 4 is 31.2 Å². The molecule has 2 aromatic rings. The Hall–Kier alpha value is -1.67. The van der Waals surface area contributed by atoms with E-state index in [0.717, 1.165) is 29.2 Å². The van der Waals surface area contributed by atoms with Crippen molar-refractivity contribution in [2.24, 2.45) is 17.8 Å². The predicted octanol–water partition coefficient (Wildman–Crippen LogP) is 8.46. The number of halogens is 9. The molecule has 3 nitrogen and oxygen atoms in total. The maximum atomic E-state index is 14.4. The molecule has 3 fully saturated rings. The van der Waals surface area contributed by atoms with Crippen LogP contribution in [0.2, 0.25) is 0 Å². The number of hydrogen-bond acceptors (Lipinski definition) is 3. The molecule has 0 N–H and O–H groups in total. The van der Waals surface area contributed by atoms with Gasteiger partial charge in [0.05, 0.1) is 0 Å². The monoisotopic (exact) mass is 622 g/mol. The number of hydrogen-bond donors (Lipinski definition) is 0. The highest BCUT2D eigenvalue weighted by Crippen LogP contribution is 2.65. The van der Waals surface area contributed by atoms with Crippen molar-refractivity contribution in [2.75, 3.05) is 11.5 Å². The lowest BCUT2D eigenvalue weighted by Gasteiger charge is -2.38. The standard InChI is InChI=1S/C26H27F9O3S2/c27-23(28,25(31,32)33)24(29,30)26(34,35)40(36,37)38-39(9-1-2-10-39)22-8-7-18-11-16(4-6-20(18)15-22)13-21-14-17-3-5-19(21)12-17/h4,6-8,11,15,17,19,21H,1-3,5,9-10,12-14H2. The van der Waals surface area contributed by atoms with E-state index in [9.17, 15) is 47.9 Å². The molecule has 0 radical (unpaired) electrons. The summed E-state index contributed by atoms with van der Waals surface area (Å²) in [5, 5.41) is -5.51. The van der Waals surface area contributed by atoms with E-state index >= 15 is 0 Å². The highest BCUT2D eigenvalue weighted by Gasteiger charge is 2.86. The average molecular weight is 623 g/mol. The summed E-state index contributed by atoms with van der Waals surface area (Å²) in [6.45, 7) is 0. The van der Waals surface area contributed by atoms with Crippen molar-refractivity contribution in [1.29, 1.82) is 0 Å². The third-order valence-electron chi connectivity index (χ3n) is 8.54. The molecule has 3 aliphatic rings. The summed E-state index contributed by atoms with van der Waals surface area (Å²) in [5.74, 6) is -12.9. The van der Waals surface area contributed by atoms with Gasteiger partial charge in [-0.25, -0.2) is 3.63 Å². The molecule has 0 aromatic heterocycles. The van der Waals surface area contributed by atoms with E-state index in [2.05, 4.69) is 3.63 Å². The lowest BCUT2D eigenvalue weighted by molar-refractivity contribution is -0.382. The van der Waals surface area contributed by atoms with Gasteiger partial charge in [0, 0.05) is 16.4 Å². The van der Waals surface area contributed by atoms with Crippen molar-refractivity contribution in [1.82, 2.24) is 0 Å². The van der Waals surface area contributed by atoms with Gasteiger partial charge in [0.2, 0.25) is 0 Å². The highest BCUT2D eigenvalue weighted by atomic mass is 32.3. The molecule has 1 saturated heterocycles. The maximum absolute atomic E-state index is 14.4. The molecule has 2 aromatic carbocycles. The summed E-state index contributed by atoms with van der Waals surface area (Å²) < 4.78 is 151. The molecule has 3 unspecified atom stereocenters. The number of alkyl halides is 9. The molecule has 2 aliphatic carbocycles. The lowest BCUT2D eigenvalue weighted by atomic mass is 9.84. The van der Waals surface area contributed by atoms with Gasteiger partial charge in [0.1, 0.15) is 0 Å². The van der Waals surface area contributed by atoms with Gasteiger partial charge in [-0.1, -0.05) is 41.0 Å². The number of benzene rings is 2. The zero-order valence-corrected chi connectivity index (χ0v) is 22.6. The van der Waals surface area contributed by atoms with Crippen LogP contribution in [0.25, 0.3) is 10.8 Å². The molecule has 14 heteroatoms. The average Bonchev–Trinajstić information content (AvgIpc) is 3.61. The Morgan fingerprint density at radius 2 is 1.43 bits per heavy atom. The second-order valence-corrected chi connectivity index (χ2v) is 16.0. The summed E-state index contributed by atoms with van der Waals surface area (Å²) in [6, 6.07) is 10.1. The van der Waals surface area contributed by atoms with Gasteiger partial charge in [-0.3, -0.25) is 0 Å². The Balaban J connectivity index is 1.43. The van der Waals surface area contributed by atoms with Crippen LogP contribution in [-0.2, 0) is 20.2 Å². The van der Waals surface area contributed by atoms with Gasteiger partial charge in [-0.05, 0) is 84.7 Å². The van der Waals surface area contributed by atoms with E-state index in [4.69, 9.17) is 0 Å². The van der Waals surface area contributed by atoms with Crippen LogP contribution in [0.4, 0.5) is 39.5 Å². The van der Waals surface area contributed by atoms with Gasteiger partial charge in [0.15, 0.2) is 0 Å². The van der Waals surface area contributed by atoms with Crippen LogP contribution in [0.15, 0.2) is 41.3 Å². The van der Waals surface area contributed by atoms with Crippen LogP contribution in [0, 0.1) is 17.8 Å². The third kappa shape index (κ3) is 4.69. The zero-order chi connectivity index (χ0) is 29.4. The molecule has 5 rings (SSSR count). The second kappa shape index (κ2) is 9.68. The Kier molecular flexibility index (Phi) is 7.22. The van der Waals surface area contributed by atoms with E-state index in [1.807, 2.05) is 12.1 Å². The number of fused-ring (bicyclic) bond motifs is 3. The minimum absolute atomic E-state index is 0.101. The first kappa shape index (κ1) is 29.8. The second-order valence-electron chi connectivity index (χ2n) is 11.1. The van der Waals surface area contributed by atoms with E-state index in [-0.39, 0.29) is 29.2 Å². The van der Waals surface area contributed by atoms with Gasteiger partial charge in [0.25, 0.3) is 0 Å². The largest absolute Gasteiger partial charge is 0.460 e. The van der Waals surface area contributed by atoms with Crippen LogP contribution in [-0.4, -0.2) is 43.2 Å². The molecule has 0 spiro atoms. The molecule has 0 amide bonds. The summed E-state index contributed by atoms with van der Waals surface area (Å²) >= 11 is 0. The minimum atomic E-state index is -7.34. The Bertz CT molecular complexity index is 1390. The maximum Gasteiger partial charge on any atom is 0.460 e. The van der Waals surface area contributed by atoms with Crippen LogP contribution < -0.4 is 0 Å². The molecular formula is C26H27F9O3S2. The van der Waals surface area contributed by atoms with Crippen LogP contribution in [0.3, 0.4) is 0 Å². The van der Waals surface area contributed by atoms with Gasteiger partial charge in [-0.2, -0.15) is 47.9 Å². The number of rotatable bonds is 8. The summed E-state index contributed by atoms with van der Waals surface area (Å²) in [5.41, 5.74) is 1.10. The highest BCUT2D eigenvalue weighted by molar-refractivity contribution is 8.33. The van der Waals surface area contributed by atoms with E-state index < -0.39 is 43.7 Å². The van der Waals surface area contributed by atoms with Crippen molar-refractivity contribution < 1.29 is 51.6 Å². The fourth-order valence-corrected chi connectivity index (χ4v) is 12.1. The molecule has 40 heavy (non-hydrogen) atoms. The van der Waals surface area contributed by atoms with E-state index in [1.54, 1.807) is 12.1 Å². The predicted molar refractivity (Wildman–Crippen MR) is 132 cm³/mol. The van der Waals surface area contributed by atoms with Gasteiger partial charge in [-0.15, -0.1) is 0 Å². The first-order valence-electron chi connectivity index (χ1n) is 12.9. The summed E-state index contributed by atoms with van der Waals surface area (Å²) in [4.78, 5) is 0.101. The molecule has 1 heterocycles. The first-order valence-corrected chi connectivity index (χ1v) is 16.2. The van der Waals surface area contributed by atoms with E-state index in [0.29, 0.717) is 11.3 Å². The van der Waals surface area contributed by atoms with Crippen molar-refractivity contribution in [2.45, 2.75) is 73.1 Å². The minimum Gasteiger partial charge on any atom is -0.211 e. The fourth-order valence-electron chi connectivity index (χ4n) is 6.41. The Morgan fingerprint density at radius 1 is 0.800 bits per heavy atom. The molecule has 2 bridgehead atoms. The van der Waals surface area contributed by atoms with E-state index in [1.165, 1.54) is 37.8 Å². The third-order valence-corrected chi connectivity index (χ3v) is 14.2. The normalized spacial score (nSPS) is 26.5. The van der Waals surface area contributed by atoms with Crippen molar-refractivity contribution in [3.05, 3.63) is 42.0 Å². The fraction of sp³-hybridized carbons (Fsp3) is 0.615. The van der Waals surface area contributed by atoms with Crippen LogP contribution >= 0.6 is 10.3 Å². The molecule has 2 saturated carbocycles.